The van der Waals surface area contributed by atoms with Gasteiger partial charge in [0, 0.05) is 9.77 Å². The number of hydrogen-bond donors (Lipinski definition) is 1. The summed E-state index contributed by atoms with van der Waals surface area (Å²) in [6.45, 7) is 4.03. The molecule has 0 spiro atoms. The van der Waals surface area contributed by atoms with Gasteiger partial charge in [0.15, 0.2) is 5.79 Å². The Morgan fingerprint density at radius 1 is 1.44 bits per heavy atom. The lowest BCUT2D eigenvalue weighted by molar-refractivity contribution is -0.145. The van der Waals surface area contributed by atoms with Crippen LogP contribution in [0.2, 0.25) is 0 Å². The largest absolute Gasteiger partial charge is 0.366 e. The molecular formula is C18H19FIN3O4. The third-order valence-corrected chi connectivity index (χ3v) is 4.54. The zero-order valence-electron chi connectivity index (χ0n) is 14.8. The van der Waals surface area contributed by atoms with Gasteiger partial charge < -0.3 is 15.2 Å². The van der Waals surface area contributed by atoms with Gasteiger partial charge in [0.25, 0.3) is 5.91 Å². The quantitative estimate of drug-likeness (QED) is 0.498. The van der Waals surface area contributed by atoms with Crippen molar-refractivity contribution in [3.05, 3.63) is 51.6 Å². The Labute approximate surface area is 169 Å². The highest BCUT2D eigenvalue weighted by molar-refractivity contribution is 14.1. The maximum absolute atomic E-state index is 14.6. The summed E-state index contributed by atoms with van der Waals surface area (Å²) in [6.07, 6.45) is 2.48. The molecule has 7 nitrogen and oxygen atoms in total. The van der Waals surface area contributed by atoms with Crippen LogP contribution in [0.1, 0.15) is 24.2 Å². The first-order valence-corrected chi connectivity index (χ1v) is 9.28. The summed E-state index contributed by atoms with van der Waals surface area (Å²) in [7, 11) is 0. The molecule has 2 N–H and O–H groups in total. The third kappa shape index (κ3) is 4.72. The molecule has 2 aromatic rings. The number of aromatic nitrogens is 1. The molecule has 1 aliphatic rings. The number of carbonyl (C=O) groups excluding carboxylic acids is 1. The predicted molar refractivity (Wildman–Crippen MR) is 105 cm³/mol. The Bertz CT molecular complexity index is 849. The van der Waals surface area contributed by atoms with E-state index >= 15 is 0 Å². The molecular weight excluding hydrogens is 468 g/mol. The molecule has 1 aromatic carbocycles. The molecule has 1 fully saturated rings. The van der Waals surface area contributed by atoms with E-state index in [9.17, 15) is 9.18 Å². The third-order valence-electron chi connectivity index (χ3n) is 3.87. The van der Waals surface area contributed by atoms with Gasteiger partial charge in [-0.2, -0.15) is 0 Å². The van der Waals surface area contributed by atoms with Crippen LogP contribution in [-0.4, -0.2) is 36.0 Å². The maximum atomic E-state index is 14.6. The van der Waals surface area contributed by atoms with Gasteiger partial charge in [-0.25, -0.2) is 9.45 Å². The first-order chi connectivity index (χ1) is 12.8. The van der Waals surface area contributed by atoms with Gasteiger partial charge in [-0.05, 0) is 60.7 Å². The van der Waals surface area contributed by atoms with E-state index in [0.29, 0.717) is 6.61 Å². The molecule has 0 saturated carbocycles. The van der Waals surface area contributed by atoms with E-state index < -0.39 is 17.5 Å². The van der Waals surface area contributed by atoms with Crippen molar-refractivity contribution in [1.29, 1.82) is 0 Å². The van der Waals surface area contributed by atoms with Gasteiger partial charge in [0.2, 0.25) is 0 Å². The Kier molecular flexibility index (Phi) is 5.94. The number of nitrogens with two attached hydrogens (primary N) is 1. The standard InChI is InChI=1S/C18H19FIN3O4/c1-18(2)25-9-12(27-18)10-26-23(15-4-3-11(20)7-14(15)19)16-8-22-6-5-13(16)17(21)24/h3-8,12H,9-10H2,1-2H3,(H2,21,24)/t12-/m1/s1. The number of hydrogen-bond acceptors (Lipinski definition) is 6. The van der Waals surface area contributed by atoms with Crippen molar-refractivity contribution in [1.82, 2.24) is 4.98 Å². The monoisotopic (exact) mass is 487 g/mol. The summed E-state index contributed by atoms with van der Waals surface area (Å²) in [5.74, 6) is -1.89. The molecule has 9 heteroatoms. The van der Waals surface area contributed by atoms with E-state index in [1.165, 1.54) is 29.6 Å². The van der Waals surface area contributed by atoms with Crippen molar-refractivity contribution in [3.8, 4) is 0 Å². The van der Waals surface area contributed by atoms with Crippen LogP contribution in [0.25, 0.3) is 0 Å². The second-order valence-electron chi connectivity index (χ2n) is 6.39. The van der Waals surface area contributed by atoms with Gasteiger partial charge in [0.1, 0.15) is 29.9 Å². The topological polar surface area (TPSA) is 86.9 Å². The highest BCUT2D eigenvalue weighted by Crippen LogP contribution is 2.32. The molecule has 27 heavy (non-hydrogen) atoms. The molecule has 0 aliphatic carbocycles. The van der Waals surface area contributed by atoms with Crippen molar-refractivity contribution in [2.75, 3.05) is 18.3 Å². The number of ether oxygens (including phenoxy) is 2. The number of amides is 1. The molecule has 1 saturated heterocycles. The second-order valence-corrected chi connectivity index (χ2v) is 7.64. The normalized spacial score (nSPS) is 18.4. The van der Waals surface area contributed by atoms with E-state index in [-0.39, 0.29) is 29.6 Å². The van der Waals surface area contributed by atoms with E-state index in [4.69, 9.17) is 20.0 Å². The lowest BCUT2D eigenvalue weighted by Crippen LogP contribution is -2.30. The molecule has 0 bridgehead atoms. The van der Waals surface area contributed by atoms with Gasteiger partial charge in [-0.1, -0.05) is 0 Å². The molecule has 1 atom stereocenters. The van der Waals surface area contributed by atoms with Crippen LogP contribution in [0.5, 0.6) is 0 Å². The van der Waals surface area contributed by atoms with Crippen LogP contribution in [0.4, 0.5) is 15.8 Å². The van der Waals surface area contributed by atoms with Gasteiger partial charge in [-0.15, -0.1) is 0 Å². The Balaban J connectivity index is 1.93. The van der Waals surface area contributed by atoms with Crippen molar-refractivity contribution in [2.24, 2.45) is 5.73 Å². The van der Waals surface area contributed by atoms with Crippen molar-refractivity contribution < 1.29 is 23.5 Å². The number of nitrogens with zero attached hydrogens (tertiary/aromatic N) is 2. The van der Waals surface area contributed by atoms with Gasteiger partial charge in [0.05, 0.1) is 18.4 Å². The van der Waals surface area contributed by atoms with Crippen molar-refractivity contribution in [3.63, 3.8) is 0 Å². The summed E-state index contributed by atoms with van der Waals surface area (Å²) in [6, 6.07) is 6.11. The molecule has 0 radical (unpaired) electrons. The smallest absolute Gasteiger partial charge is 0.251 e. The minimum absolute atomic E-state index is 0.0853. The zero-order valence-corrected chi connectivity index (χ0v) is 17.0. The number of carbonyl (C=O) groups is 1. The number of pyridine rings is 1. The highest BCUT2D eigenvalue weighted by Gasteiger charge is 2.33. The predicted octanol–water partition coefficient (Wildman–Crippen LogP) is 3.15. The molecule has 1 aliphatic heterocycles. The Hall–Kier alpha value is -1.82. The summed E-state index contributed by atoms with van der Waals surface area (Å²) in [5.41, 5.74) is 5.98. The first-order valence-electron chi connectivity index (χ1n) is 8.20. The molecule has 1 amide bonds. The van der Waals surface area contributed by atoms with Crippen LogP contribution < -0.4 is 10.8 Å². The van der Waals surface area contributed by atoms with Crippen molar-refractivity contribution in [2.45, 2.75) is 25.7 Å². The number of halogens is 2. The van der Waals surface area contributed by atoms with Gasteiger partial charge in [-0.3, -0.25) is 14.6 Å². The fourth-order valence-electron chi connectivity index (χ4n) is 2.67. The van der Waals surface area contributed by atoms with Crippen LogP contribution in [0, 0.1) is 9.39 Å². The fraction of sp³-hybridized carbons (Fsp3) is 0.333. The van der Waals surface area contributed by atoms with E-state index in [1.54, 1.807) is 26.0 Å². The number of primary amides is 1. The van der Waals surface area contributed by atoms with Crippen LogP contribution >= 0.6 is 22.6 Å². The lowest BCUT2D eigenvalue weighted by atomic mass is 10.2. The number of anilines is 2. The maximum Gasteiger partial charge on any atom is 0.251 e. The van der Waals surface area contributed by atoms with Gasteiger partial charge >= 0.3 is 0 Å². The SMILES string of the molecule is CC1(C)OC[C@H](CON(c2ccc(I)cc2F)c2cnccc2C(N)=O)O1. The summed E-state index contributed by atoms with van der Waals surface area (Å²) in [4.78, 5) is 21.7. The Morgan fingerprint density at radius 2 is 2.22 bits per heavy atom. The number of benzene rings is 1. The molecule has 0 unspecified atom stereocenters. The van der Waals surface area contributed by atoms with E-state index in [2.05, 4.69) is 4.98 Å². The Morgan fingerprint density at radius 3 is 2.85 bits per heavy atom. The fourth-order valence-corrected chi connectivity index (χ4v) is 3.13. The van der Waals surface area contributed by atoms with Crippen LogP contribution in [0.3, 0.4) is 0 Å². The summed E-state index contributed by atoms with van der Waals surface area (Å²) < 4.78 is 26.6. The average molecular weight is 487 g/mol. The zero-order chi connectivity index (χ0) is 19.6. The number of rotatable bonds is 6. The molecule has 2 heterocycles. The van der Waals surface area contributed by atoms with Crippen LogP contribution in [-0.2, 0) is 14.3 Å². The molecule has 1 aromatic heterocycles. The second kappa shape index (κ2) is 8.05. The molecule has 144 valence electrons. The van der Waals surface area contributed by atoms with Crippen molar-refractivity contribution >= 4 is 39.9 Å². The molecule has 3 rings (SSSR count). The lowest BCUT2D eigenvalue weighted by Gasteiger charge is -2.27. The van der Waals surface area contributed by atoms with Crippen LogP contribution in [0.15, 0.2) is 36.7 Å². The summed E-state index contributed by atoms with van der Waals surface area (Å²) in [5, 5.41) is 1.22. The minimum atomic E-state index is -0.709. The van der Waals surface area contributed by atoms with E-state index in [0.717, 1.165) is 3.57 Å². The van der Waals surface area contributed by atoms with E-state index in [1.807, 2.05) is 22.6 Å². The average Bonchev–Trinajstić information content (AvgIpc) is 2.96. The highest BCUT2D eigenvalue weighted by atomic mass is 127. The summed E-state index contributed by atoms with van der Waals surface area (Å²) >= 11 is 2.01. The minimum Gasteiger partial charge on any atom is -0.366 e. The first kappa shape index (κ1) is 19.9.